The van der Waals surface area contributed by atoms with Crippen LogP contribution in [0.4, 0.5) is 0 Å². The number of nitrogens with one attached hydrogen (secondary N) is 1. The summed E-state index contributed by atoms with van der Waals surface area (Å²) in [6.45, 7) is 6.49. The molecule has 0 radical (unpaired) electrons. The first-order valence-corrected chi connectivity index (χ1v) is 6.82. The van der Waals surface area contributed by atoms with E-state index in [1.54, 1.807) is 0 Å². The minimum absolute atomic E-state index is 0.174. The summed E-state index contributed by atoms with van der Waals surface area (Å²) in [4.78, 5) is 0. The van der Waals surface area contributed by atoms with E-state index in [4.69, 9.17) is 27.5 Å². The lowest BCUT2D eigenvalue weighted by Gasteiger charge is -2.14. The van der Waals surface area contributed by atoms with E-state index >= 15 is 0 Å². The Balaban J connectivity index is 2.89. The molecule has 1 aromatic rings. The fourth-order valence-corrected chi connectivity index (χ4v) is 1.94. The average Bonchev–Trinajstić information content (AvgIpc) is 2.38. The molecule has 0 heterocycles. The molecule has 0 saturated carbocycles. The lowest BCUT2D eigenvalue weighted by atomic mass is 10.2. The molecule has 0 spiro atoms. The van der Waals surface area contributed by atoms with Crippen LogP contribution in [0.3, 0.4) is 0 Å². The van der Waals surface area contributed by atoms with Gasteiger partial charge in [-0.1, -0.05) is 24.4 Å². The van der Waals surface area contributed by atoms with Crippen LogP contribution >= 0.6 is 11.6 Å². The van der Waals surface area contributed by atoms with Gasteiger partial charge >= 0.3 is 0 Å². The smallest absolute Gasteiger partial charge is 0.181 e. The van der Waals surface area contributed by atoms with Crippen molar-refractivity contribution in [3.05, 3.63) is 22.7 Å². The lowest BCUT2D eigenvalue weighted by molar-refractivity contribution is 0.299. The highest BCUT2D eigenvalue weighted by molar-refractivity contribution is 6.32. The molecule has 3 nitrogen and oxygen atoms in total. The monoisotopic (exact) mass is 281 g/mol. The molecule has 4 heteroatoms. The van der Waals surface area contributed by atoms with E-state index in [1.807, 2.05) is 19.1 Å². The Morgan fingerprint density at radius 3 is 2.74 bits per heavy atom. The first-order chi connectivity index (χ1) is 9.22. The van der Waals surface area contributed by atoms with Crippen LogP contribution in [-0.4, -0.2) is 19.8 Å². The molecule has 0 aliphatic rings. The summed E-state index contributed by atoms with van der Waals surface area (Å²) in [6, 6.07) is 3.81. The van der Waals surface area contributed by atoms with Gasteiger partial charge in [0.2, 0.25) is 0 Å². The third-order valence-corrected chi connectivity index (χ3v) is 2.71. The van der Waals surface area contributed by atoms with E-state index < -0.39 is 0 Å². The highest BCUT2D eigenvalue weighted by Crippen LogP contribution is 2.36. The standard InChI is InChI=1S/C15H20ClNO2/c1-4-7-17-11-12-9-13(16)15(19-8-5-2)14(10-12)18-6-3/h2,9-10,17H,4,6-8,11H2,1,3H3. The minimum Gasteiger partial charge on any atom is -0.490 e. The summed E-state index contributed by atoms with van der Waals surface area (Å²) in [7, 11) is 0. The molecule has 0 bridgehead atoms. The summed E-state index contributed by atoms with van der Waals surface area (Å²) >= 11 is 6.22. The predicted molar refractivity (Wildman–Crippen MR) is 78.9 cm³/mol. The largest absolute Gasteiger partial charge is 0.490 e. The summed E-state index contributed by atoms with van der Waals surface area (Å²) in [5.41, 5.74) is 1.06. The average molecular weight is 282 g/mol. The molecule has 19 heavy (non-hydrogen) atoms. The van der Waals surface area contributed by atoms with Crippen LogP contribution in [-0.2, 0) is 6.54 Å². The highest BCUT2D eigenvalue weighted by Gasteiger charge is 2.12. The number of benzene rings is 1. The van der Waals surface area contributed by atoms with E-state index in [0.29, 0.717) is 23.1 Å². The molecule has 0 saturated heterocycles. The Morgan fingerprint density at radius 1 is 1.32 bits per heavy atom. The van der Waals surface area contributed by atoms with Crippen molar-refractivity contribution in [1.29, 1.82) is 0 Å². The first kappa shape index (κ1) is 15.7. The normalized spacial score (nSPS) is 10.0. The van der Waals surface area contributed by atoms with E-state index in [9.17, 15) is 0 Å². The number of rotatable bonds is 8. The second-order valence-electron chi connectivity index (χ2n) is 4.01. The Morgan fingerprint density at radius 2 is 2.11 bits per heavy atom. The van der Waals surface area contributed by atoms with Crippen LogP contribution in [0.5, 0.6) is 11.5 Å². The molecule has 0 aliphatic carbocycles. The van der Waals surface area contributed by atoms with E-state index in [0.717, 1.165) is 25.1 Å². The minimum atomic E-state index is 0.174. The van der Waals surface area contributed by atoms with Gasteiger partial charge in [0.1, 0.15) is 6.61 Å². The Bertz CT molecular complexity index is 441. The van der Waals surface area contributed by atoms with Crippen molar-refractivity contribution in [3.63, 3.8) is 0 Å². The van der Waals surface area contributed by atoms with Gasteiger partial charge in [0.05, 0.1) is 11.6 Å². The van der Waals surface area contributed by atoms with Gasteiger partial charge in [-0.05, 0) is 37.6 Å². The highest BCUT2D eigenvalue weighted by atomic mass is 35.5. The second kappa shape index (κ2) is 8.68. The summed E-state index contributed by atoms with van der Waals surface area (Å²) in [5, 5.41) is 3.85. The predicted octanol–water partition coefficient (Wildman–Crippen LogP) is 3.25. The van der Waals surface area contributed by atoms with Gasteiger partial charge in [-0.25, -0.2) is 0 Å². The lowest BCUT2D eigenvalue weighted by Crippen LogP contribution is -2.14. The number of hydrogen-bond donors (Lipinski definition) is 1. The van der Waals surface area contributed by atoms with Crippen LogP contribution in [0.15, 0.2) is 12.1 Å². The van der Waals surface area contributed by atoms with Crippen LogP contribution in [0.2, 0.25) is 5.02 Å². The van der Waals surface area contributed by atoms with Crippen LogP contribution in [0.25, 0.3) is 0 Å². The maximum absolute atomic E-state index is 6.22. The summed E-state index contributed by atoms with van der Waals surface area (Å²) in [5.74, 6) is 3.57. The Labute approximate surface area is 120 Å². The van der Waals surface area contributed by atoms with Gasteiger partial charge in [0.15, 0.2) is 11.5 Å². The molecule has 0 atom stereocenters. The summed E-state index contributed by atoms with van der Waals surface area (Å²) in [6.07, 6.45) is 6.29. The Hall–Kier alpha value is -1.37. The van der Waals surface area contributed by atoms with Gasteiger partial charge in [-0.3, -0.25) is 0 Å². The number of ether oxygens (including phenoxy) is 2. The van der Waals surface area contributed by atoms with Crippen molar-refractivity contribution in [2.24, 2.45) is 0 Å². The van der Waals surface area contributed by atoms with Crippen molar-refractivity contribution in [2.75, 3.05) is 19.8 Å². The van der Waals surface area contributed by atoms with E-state index in [1.165, 1.54) is 0 Å². The van der Waals surface area contributed by atoms with E-state index in [-0.39, 0.29) is 6.61 Å². The van der Waals surface area contributed by atoms with Crippen molar-refractivity contribution >= 4 is 11.6 Å². The van der Waals surface area contributed by atoms with Crippen molar-refractivity contribution in [2.45, 2.75) is 26.8 Å². The second-order valence-corrected chi connectivity index (χ2v) is 4.41. The van der Waals surface area contributed by atoms with Gasteiger partial charge in [-0.2, -0.15) is 0 Å². The molecule has 0 fully saturated rings. The molecule has 104 valence electrons. The zero-order valence-electron chi connectivity index (χ0n) is 11.5. The molecule has 1 aromatic carbocycles. The number of halogens is 1. The van der Waals surface area contributed by atoms with Gasteiger partial charge in [0, 0.05) is 6.54 Å². The molecule has 0 unspecified atom stereocenters. The summed E-state index contributed by atoms with van der Waals surface area (Å²) < 4.78 is 11.0. The molecule has 1 N–H and O–H groups in total. The maximum atomic E-state index is 6.22. The van der Waals surface area contributed by atoms with Crippen LogP contribution in [0.1, 0.15) is 25.8 Å². The van der Waals surface area contributed by atoms with Gasteiger partial charge in [-0.15, -0.1) is 6.42 Å². The fraction of sp³-hybridized carbons (Fsp3) is 0.467. The van der Waals surface area contributed by atoms with Crippen LogP contribution < -0.4 is 14.8 Å². The van der Waals surface area contributed by atoms with Gasteiger partial charge in [0.25, 0.3) is 0 Å². The maximum Gasteiger partial charge on any atom is 0.181 e. The number of terminal acetylenes is 1. The number of hydrogen-bond acceptors (Lipinski definition) is 3. The topological polar surface area (TPSA) is 30.5 Å². The molecule has 0 aliphatic heterocycles. The molecular weight excluding hydrogens is 262 g/mol. The zero-order chi connectivity index (χ0) is 14.1. The first-order valence-electron chi connectivity index (χ1n) is 6.45. The van der Waals surface area contributed by atoms with E-state index in [2.05, 4.69) is 18.2 Å². The Kier molecular flexibility index (Phi) is 7.17. The third-order valence-electron chi connectivity index (χ3n) is 2.42. The fourth-order valence-electron chi connectivity index (χ4n) is 1.65. The molecule has 1 rings (SSSR count). The molecule has 0 aromatic heterocycles. The zero-order valence-corrected chi connectivity index (χ0v) is 12.2. The third kappa shape index (κ3) is 5.02. The van der Waals surface area contributed by atoms with Crippen LogP contribution in [0, 0.1) is 12.3 Å². The quantitative estimate of drug-likeness (QED) is 0.586. The van der Waals surface area contributed by atoms with Crippen molar-refractivity contribution in [1.82, 2.24) is 5.32 Å². The van der Waals surface area contributed by atoms with Crippen molar-refractivity contribution in [3.8, 4) is 23.8 Å². The van der Waals surface area contributed by atoms with Crippen molar-refractivity contribution < 1.29 is 9.47 Å². The van der Waals surface area contributed by atoms with Gasteiger partial charge < -0.3 is 14.8 Å². The SMILES string of the molecule is C#CCOc1c(Cl)cc(CNCCC)cc1OCC. The molecule has 0 amide bonds. The molecular formula is C15H20ClNO2.